The fraction of sp³-hybridized carbons (Fsp3) is 0.444. The molecule has 3 heterocycles. The van der Waals surface area contributed by atoms with Crippen LogP contribution in [-0.2, 0) is 14.8 Å². The first-order chi connectivity index (χ1) is 18.6. The van der Waals surface area contributed by atoms with E-state index in [9.17, 15) is 23.1 Å². The molecule has 0 spiro atoms. The van der Waals surface area contributed by atoms with Crippen LogP contribution < -0.4 is 15.4 Å². The highest BCUT2D eigenvalue weighted by Gasteiger charge is 2.35. The summed E-state index contributed by atoms with van der Waals surface area (Å²) in [6.45, 7) is 3.86. The summed E-state index contributed by atoms with van der Waals surface area (Å²) < 4.78 is 38.1. The van der Waals surface area contributed by atoms with Crippen LogP contribution in [0, 0.1) is 5.92 Å². The summed E-state index contributed by atoms with van der Waals surface area (Å²) in [5.41, 5.74) is 0.483. The molecule has 2 aromatic heterocycles. The van der Waals surface area contributed by atoms with Gasteiger partial charge in [-0.25, -0.2) is 13.4 Å². The van der Waals surface area contributed by atoms with Crippen LogP contribution in [0.3, 0.4) is 0 Å². The van der Waals surface area contributed by atoms with E-state index in [2.05, 4.69) is 15.6 Å². The van der Waals surface area contributed by atoms with Crippen molar-refractivity contribution in [3.05, 3.63) is 54.4 Å². The zero-order valence-electron chi connectivity index (χ0n) is 22.2. The van der Waals surface area contributed by atoms with Gasteiger partial charge in [-0.2, -0.15) is 4.31 Å². The summed E-state index contributed by atoms with van der Waals surface area (Å²) in [5.74, 6) is -0.266. The van der Waals surface area contributed by atoms with Gasteiger partial charge in [0.2, 0.25) is 5.91 Å². The Labute approximate surface area is 227 Å². The molecule has 12 heteroatoms. The van der Waals surface area contributed by atoms with Crippen LogP contribution in [0.15, 0.2) is 58.1 Å². The minimum absolute atomic E-state index is 0.0599. The number of β-amino-alcohol motifs (C(OH)–C–C–N with tert-alkyl or cyclic N) is 1. The maximum atomic E-state index is 13.3. The van der Waals surface area contributed by atoms with Crippen molar-refractivity contribution in [2.75, 3.05) is 20.2 Å². The Kier molecular flexibility index (Phi) is 8.88. The van der Waals surface area contributed by atoms with E-state index in [0.717, 1.165) is 5.39 Å². The Morgan fingerprint density at radius 3 is 2.72 bits per heavy atom. The van der Waals surface area contributed by atoms with Crippen molar-refractivity contribution in [1.29, 1.82) is 0 Å². The molecule has 3 atom stereocenters. The molecule has 39 heavy (non-hydrogen) atoms. The minimum atomic E-state index is -3.89. The number of methoxy groups -OCH3 is 1. The maximum Gasteiger partial charge on any atom is 0.287 e. The first-order valence-electron chi connectivity index (χ1n) is 12.9. The van der Waals surface area contributed by atoms with Gasteiger partial charge in [-0.1, -0.05) is 19.9 Å². The Hall–Kier alpha value is -3.48. The van der Waals surface area contributed by atoms with Crippen LogP contribution in [0.4, 0.5) is 0 Å². The zero-order chi connectivity index (χ0) is 28.2. The van der Waals surface area contributed by atoms with Crippen LogP contribution in [0.25, 0.3) is 11.0 Å². The van der Waals surface area contributed by atoms with Gasteiger partial charge in [-0.3, -0.25) is 9.59 Å². The minimum Gasteiger partial charge on any atom is -0.497 e. The molecule has 1 aliphatic heterocycles. The largest absolute Gasteiger partial charge is 0.497 e. The number of furan rings is 1. The second-order valence-electron chi connectivity index (χ2n) is 10.0. The van der Waals surface area contributed by atoms with Crippen LogP contribution >= 0.6 is 0 Å². The molecule has 0 saturated carbocycles. The molecule has 1 saturated heterocycles. The normalized spacial score (nSPS) is 19.4. The highest BCUT2D eigenvalue weighted by molar-refractivity contribution is 7.89. The average molecular weight is 559 g/mol. The number of fused-ring (bicyclic) bond motifs is 1. The molecule has 0 bridgehead atoms. The van der Waals surface area contributed by atoms with Crippen molar-refractivity contribution in [1.82, 2.24) is 19.9 Å². The molecule has 4 rings (SSSR count). The predicted molar refractivity (Wildman–Crippen MR) is 144 cm³/mol. The van der Waals surface area contributed by atoms with E-state index < -0.39 is 40.0 Å². The zero-order valence-corrected chi connectivity index (χ0v) is 23.0. The number of benzene rings is 1. The molecule has 2 unspecified atom stereocenters. The number of carbonyl (C=O) groups excluding carboxylic acids is 2. The molecule has 210 valence electrons. The van der Waals surface area contributed by atoms with Crippen molar-refractivity contribution in [2.24, 2.45) is 5.92 Å². The predicted octanol–water partition coefficient (Wildman–Crippen LogP) is 2.31. The van der Waals surface area contributed by atoms with E-state index in [1.165, 1.54) is 23.7 Å². The molecule has 1 aromatic carbocycles. The van der Waals surface area contributed by atoms with Crippen molar-refractivity contribution < 1.29 is 32.3 Å². The van der Waals surface area contributed by atoms with Crippen molar-refractivity contribution in [3.8, 4) is 5.75 Å². The van der Waals surface area contributed by atoms with E-state index in [-0.39, 0.29) is 29.8 Å². The highest BCUT2D eigenvalue weighted by Crippen LogP contribution is 2.25. The summed E-state index contributed by atoms with van der Waals surface area (Å²) >= 11 is 0. The van der Waals surface area contributed by atoms with E-state index in [4.69, 9.17) is 9.15 Å². The Bertz CT molecular complexity index is 1410. The van der Waals surface area contributed by atoms with Crippen molar-refractivity contribution >= 4 is 32.8 Å². The number of nitrogens with one attached hydrogen (secondary N) is 2. The smallest absolute Gasteiger partial charge is 0.287 e. The summed E-state index contributed by atoms with van der Waals surface area (Å²) in [6, 6.07) is 9.85. The van der Waals surface area contributed by atoms with E-state index in [1.807, 2.05) is 13.8 Å². The number of amides is 2. The van der Waals surface area contributed by atoms with Gasteiger partial charge in [0.1, 0.15) is 17.4 Å². The molecule has 0 radical (unpaired) electrons. The number of ether oxygens (including phenoxy) is 1. The van der Waals surface area contributed by atoms with Crippen LogP contribution in [0.5, 0.6) is 5.75 Å². The topological polar surface area (TPSA) is 151 Å². The Morgan fingerprint density at radius 2 is 2.03 bits per heavy atom. The third-order valence-electron chi connectivity index (χ3n) is 6.63. The van der Waals surface area contributed by atoms with E-state index >= 15 is 0 Å². The fourth-order valence-corrected chi connectivity index (χ4v) is 6.02. The lowest BCUT2D eigenvalue weighted by Crippen LogP contribution is -2.54. The third-order valence-corrected chi connectivity index (χ3v) is 8.41. The van der Waals surface area contributed by atoms with Gasteiger partial charge in [0.15, 0.2) is 10.8 Å². The second kappa shape index (κ2) is 12.1. The quantitative estimate of drug-likeness (QED) is 0.362. The molecule has 1 fully saturated rings. The molecule has 3 aromatic rings. The monoisotopic (exact) mass is 558 g/mol. The number of hydrogen-bond acceptors (Lipinski definition) is 8. The molecule has 3 N–H and O–H groups in total. The van der Waals surface area contributed by atoms with Gasteiger partial charge < -0.3 is 24.9 Å². The van der Waals surface area contributed by atoms with Gasteiger partial charge in [0.25, 0.3) is 15.9 Å². The molecule has 11 nitrogen and oxygen atoms in total. The standard InChI is InChI=1S/C27H34N4O7S/c1-17(2)13-21(30-27(34)24-14-18-9-10-19(37-3)15-23(18)38-24)26(33)29-20-7-6-12-31(16-22(20)32)39(35,36)25-8-4-5-11-28-25/h4-5,8-11,14-15,17,20-22,32H,6-7,12-13,16H2,1-3H3,(H,29,33)(H,30,34)/t20?,21-,22?/m0/s1. The van der Waals surface area contributed by atoms with Gasteiger partial charge in [0, 0.05) is 30.7 Å². The number of rotatable bonds is 9. The third kappa shape index (κ3) is 6.75. The maximum absolute atomic E-state index is 13.3. The Balaban J connectivity index is 1.44. The van der Waals surface area contributed by atoms with Crippen molar-refractivity contribution in [3.63, 3.8) is 0 Å². The van der Waals surface area contributed by atoms with Gasteiger partial charge in [-0.05, 0) is 55.5 Å². The average Bonchev–Trinajstić information content (AvgIpc) is 3.26. The molecule has 2 amide bonds. The number of aliphatic hydroxyl groups excluding tert-OH is 1. The van der Waals surface area contributed by atoms with Gasteiger partial charge >= 0.3 is 0 Å². The molecule has 0 aliphatic carbocycles. The lowest BCUT2D eigenvalue weighted by molar-refractivity contribution is -0.125. The highest BCUT2D eigenvalue weighted by atomic mass is 32.2. The van der Waals surface area contributed by atoms with E-state index in [0.29, 0.717) is 30.6 Å². The fourth-order valence-electron chi connectivity index (χ4n) is 4.59. The van der Waals surface area contributed by atoms with E-state index in [1.54, 1.807) is 36.4 Å². The molecule has 1 aliphatic rings. The van der Waals surface area contributed by atoms with Gasteiger partial charge in [-0.15, -0.1) is 0 Å². The second-order valence-corrected chi connectivity index (χ2v) is 11.9. The Morgan fingerprint density at radius 1 is 1.23 bits per heavy atom. The SMILES string of the molecule is COc1ccc2cc(C(=O)N[C@@H](CC(C)C)C(=O)NC3CCCN(S(=O)(=O)c4ccccn4)CC3O)oc2c1. The number of carbonyl (C=O) groups is 2. The van der Waals surface area contributed by atoms with Crippen LogP contribution in [0.1, 0.15) is 43.7 Å². The van der Waals surface area contributed by atoms with Crippen LogP contribution in [0.2, 0.25) is 0 Å². The first-order valence-corrected chi connectivity index (χ1v) is 14.3. The summed E-state index contributed by atoms with van der Waals surface area (Å²) in [7, 11) is -2.35. The number of aromatic nitrogens is 1. The number of sulfonamides is 1. The van der Waals surface area contributed by atoms with Crippen molar-refractivity contribution in [2.45, 2.75) is 56.3 Å². The van der Waals surface area contributed by atoms with Crippen LogP contribution in [-0.4, -0.2) is 73.0 Å². The number of pyridine rings is 1. The molecular weight excluding hydrogens is 524 g/mol. The number of aliphatic hydroxyl groups is 1. The number of hydrogen-bond donors (Lipinski definition) is 3. The van der Waals surface area contributed by atoms with Gasteiger partial charge in [0.05, 0.1) is 19.3 Å². The lowest BCUT2D eigenvalue weighted by atomic mass is 10.0. The molecular formula is C27H34N4O7S. The summed E-state index contributed by atoms with van der Waals surface area (Å²) in [5, 5.41) is 17.1. The number of nitrogens with zero attached hydrogens (tertiary/aromatic N) is 2. The summed E-state index contributed by atoms with van der Waals surface area (Å²) in [6.07, 6.45) is 1.41. The first kappa shape index (κ1) is 28.5. The summed E-state index contributed by atoms with van der Waals surface area (Å²) in [4.78, 5) is 30.3. The lowest BCUT2D eigenvalue weighted by Gasteiger charge is -2.27.